The highest BCUT2D eigenvalue weighted by atomic mass is 35.5. The molecule has 1 saturated heterocycles. The van der Waals surface area contributed by atoms with Gasteiger partial charge in [-0.1, -0.05) is 23.7 Å². The molecule has 2 heterocycles. The number of ether oxygens (including phenoxy) is 1. The molecular weight excluding hydrogens is 316 g/mol. The van der Waals surface area contributed by atoms with Gasteiger partial charge in [-0.15, -0.1) is 0 Å². The zero-order chi connectivity index (χ0) is 16.2. The number of benzene rings is 1. The molecule has 0 unspecified atom stereocenters. The third-order valence-electron chi connectivity index (χ3n) is 4.00. The average molecular weight is 335 g/mol. The molecule has 2 atom stereocenters. The first-order valence-electron chi connectivity index (χ1n) is 7.62. The molecular formula is C16H19ClN4O2. The molecule has 6 nitrogen and oxygen atoms in total. The number of carbonyl (C=O) groups is 1. The number of aryl methyl sites for hydroxylation is 1. The van der Waals surface area contributed by atoms with Gasteiger partial charge in [0.1, 0.15) is 18.8 Å². The molecule has 0 saturated carbocycles. The van der Waals surface area contributed by atoms with Gasteiger partial charge in [-0.2, -0.15) is 5.10 Å². The smallest absolute Gasteiger partial charge is 0.224 e. The van der Waals surface area contributed by atoms with Gasteiger partial charge in [0.25, 0.3) is 0 Å². The van der Waals surface area contributed by atoms with E-state index in [0.717, 1.165) is 5.56 Å². The second kappa shape index (κ2) is 7.10. The van der Waals surface area contributed by atoms with Crippen LogP contribution in [0.25, 0.3) is 0 Å². The SMILES string of the molecule is C[C@H]1CO[C@@H](c2cccc(Cl)c2)CN1C(=O)CCn1cncn1. The number of carbonyl (C=O) groups excluding carboxylic acids is 1. The van der Waals surface area contributed by atoms with Crippen LogP contribution in [0.1, 0.15) is 25.0 Å². The molecule has 0 bridgehead atoms. The monoisotopic (exact) mass is 334 g/mol. The Kier molecular flexibility index (Phi) is 4.93. The van der Waals surface area contributed by atoms with E-state index < -0.39 is 0 Å². The van der Waals surface area contributed by atoms with Crippen molar-refractivity contribution in [2.45, 2.75) is 32.0 Å². The molecule has 0 N–H and O–H groups in total. The lowest BCUT2D eigenvalue weighted by atomic mass is 10.1. The normalized spacial score (nSPS) is 21.4. The zero-order valence-corrected chi connectivity index (χ0v) is 13.7. The van der Waals surface area contributed by atoms with Gasteiger partial charge < -0.3 is 9.64 Å². The lowest BCUT2D eigenvalue weighted by Crippen LogP contribution is -2.48. The number of aromatic nitrogens is 3. The average Bonchev–Trinajstić information content (AvgIpc) is 3.06. The summed E-state index contributed by atoms with van der Waals surface area (Å²) in [5.74, 6) is 0.100. The zero-order valence-electron chi connectivity index (χ0n) is 12.9. The van der Waals surface area contributed by atoms with Crippen molar-refractivity contribution < 1.29 is 9.53 Å². The molecule has 2 aromatic rings. The largest absolute Gasteiger partial charge is 0.370 e. The second-order valence-electron chi connectivity index (χ2n) is 5.68. The Labute approximate surface area is 140 Å². The van der Waals surface area contributed by atoms with Crippen LogP contribution in [0.4, 0.5) is 0 Å². The fourth-order valence-corrected chi connectivity index (χ4v) is 2.91. The van der Waals surface area contributed by atoms with E-state index in [4.69, 9.17) is 16.3 Å². The number of halogens is 1. The van der Waals surface area contributed by atoms with Gasteiger partial charge in [0.2, 0.25) is 5.91 Å². The van der Waals surface area contributed by atoms with Crippen molar-refractivity contribution in [1.29, 1.82) is 0 Å². The number of hydrogen-bond donors (Lipinski definition) is 0. The van der Waals surface area contributed by atoms with Crippen LogP contribution in [-0.4, -0.2) is 44.8 Å². The fraction of sp³-hybridized carbons (Fsp3) is 0.438. The molecule has 1 fully saturated rings. The fourth-order valence-electron chi connectivity index (χ4n) is 2.71. The van der Waals surface area contributed by atoms with Gasteiger partial charge in [-0.3, -0.25) is 9.48 Å². The van der Waals surface area contributed by atoms with Crippen molar-refractivity contribution in [2.24, 2.45) is 0 Å². The summed E-state index contributed by atoms with van der Waals surface area (Å²) in [6.07, 6.45) is 3.35. The third kappa shape index (κ3) is 3.89. The highest BCUT2D eigenvalue weighted by molar-refractivity contribution is 6.30. The van der Waals surface area contributed by atoms with E-state index in [1.165, 1.54) is 6.33 Å². The second-order valence-corrected chi connectivity index (χ2v) is 6.12. The van der Waals surface area contributed by atoms with E-state index in [1.54, 1.807) is 11.0 Å². The van der Waals surface area contributed by atoms with Gasteiger partial charge in [0, 0.05) is 11.4 Å². The maximum atomic E-state index is 12.5. The Bertz CT molecular complexity index is 662. The maximum Gasteiger partial charge on any atom is 0.224 e. The predicted octanol–water partition coefficient (Wildman–Crippen LogP) is 2.31. The summed E-state index contributed by atoms with van der Waals surface area (Å²) < 4.78 is 7.55. The van der Waals surface area contributed by atoms with Crippen LogP contribution in [0.5, 0.6) is 0 Å². The topological polar surface area (TPSA) is 60.2 Å². The summed E-state index contributed by atoms with van der Waals surface area (Å²) in [4.78, 5) is 18.3. The molecule has 23 heavy (non-hydrogen) atoms. The Morgan fingerprint density at radius 2 is 2.35 bits per heavy atom. The first-order chi connectivity index (χ1) is 11.1. The maximum absolute atomic E-state index is 12.5. The van der Waals surface area contributed by atoms with Crippen LogP contribution in [0.3, 0.4) is 0 Å². The Morgan fingerprint density at radius 1 is 1.48 bits per heavy atom. The highest BCUT2D eigenvalue weighted by Crippen LogP contribution is 2.27. The summed E-state index contributed by atoms with van der Waals surface area (Å²) in [7, 11) is 0. The number of nitrogens with zero attached hydrogens (tertiary/aromatic N) is 4. The minimum absolute atomic E-state index is 0.0636. The van der Waals surface area contributed by atoms with Crippen molar-refractivity contribution >= 4 is 17.5 Å². The van der Waals surface area contributed by atoms with E-state index in [9.17, 15) is 4.79 Å². The molecule has 0 aliphatic carbocycles. The molecule has 1 aliphatic heterocycles. The minimum atomic E-state index is -0.139. The first kappa shape index (κ1) is 16.0. The number of amides is 1. The Hall–Kier alpha value is -1.92. The molecule has 1 aromatic heterocycles. The lowest BCUT2D eigenvalue weighted by Gasteiger charge is -2.38. The van der Waals surface area contributed by atoms with Gasteiger partial charge in [0.05, 0.1) is 25.7 Å². The standard InChI is InChI=1S/C16H19ClN4O2/c1-12-9-23-15(13-3-2-4-14(17)7-13)8-21(12)16(22)5-6-20-11-18-10-19-20/h2-4,7,10-12,15H,5-6,8-9H2,1H3/t12-,15+/m0/s1. The van der Waals surface area contributed by atoms with Gasteiger partial charge in [0.15, 0.2) is 0 Å². The first-order valence-corrected chi connectivity index (χ1v) is 8.00. The summed E-state index contributed by atoms with van der Waals surface area (Å²) in [6, 6.07) is 7.66. The van der Waals surface area contributed by atoms with Crippen molar-refractivity contribution in [3.8, 4) is 0 Å². The summed E-state index contributed by atoms with van der Waals surface area (Å²) in [5, 5.41) is 4.69. The third-order valence-corrected chi connectivity index (χ3v) is 4.23. The number of rotatable bonds is 4. The van der Waals surface area contributed by atoms with E-state index in [2.05, 4.69) is 10.1 Å². The Morgan fingerprint density at radius 3 is 3.09 bits per heavy atom. The summed E-state index contributed by atoms with van der Waals surface area (Å²) >= 11 is 6.05. The van der Waals surface area contributed by atoms with Crippen molar-refractivity contribution in [2.75, 3.05) is 13.2 Å². The van der Waals surface area contributed by atoms with E-state index in [0.29, 0.717) is 31.1 Å². The van der Waals surface area contributed by atoms with E-state index in [-0.39, 0.29) is 18.1 Å². The molecule has 0 spiro atoms. The summed E-state index contributed by atoms with van der Waals surface area (Å²) in [5.41, 5.74) is 0.999. The molecule has 1 amide bonds. The molecule has 122 valence electrons. The van der Waals surface area contributed by atoms with Gasteiger partial charge >= 0.3 is 0 Å². The van der Waals surface area contributed by atoms with Crippen LogP contribution in [0, 0.1) is 0 Å². The van der Waals surface area contributed by atoms with E-state index >= 15 is 0 Å². The van der Waals surface area contributed by atoms with Gasteiger partial charge in [-0.05, 0) is 24.6 Å². The summed E-state index contributed by atoms with van der Waals surface area (Å²) in [6.45, 7) is 3.59. The van der Waals surface area contributed by atoms with Crippen LogP contribution in [-0.2, 0) is 16.1 Å². The number of morpholine rings is 1. The quantitative estimate of drug-likeness (QED) is 0.861. The molecule has 1 aromatic carbocycles. The van der Waals surface area contributed by atoms with Crippen LogP contribution < -0.4 is 0 Å². The van der Waals surface area contributed by atoms with Crippen LogP contribution >= 0.6 is 11.6 Å². The predicted molar refractivity (Wildman–Crippen MR) is 86.0 cm³/mol. The van der Waals surface area contributed by atoms with Gasteiger partial charge in [-0.25, -0.2) is 4.98 Å². The highest BCUT2D eigenvalue weighted by Gasteiger charge is 2.30. The van der Waals surface area contributed by atoms with Crippen molar-refractivity contribution in [1.82, 2.24) is 19.7 Å². The molecule has 7 heteroatoms. The molecule has 1 aliphatic rings. The Balaban J connectivity index is 1.64. The molecule has 0 radical (unpaired) electrons. The van der Waals surface area contributed by atoms with Crippen LogP contribution in [0.15, 0.2) is 36.9 Å². The number of hydrogen-bond acceptors (Lipinski definition) is 4. The van der Waals surface area contributed by atoms with E-state index in [1.807, 2.05) is 36.1 Å². The minimum Gasteiger partial charge on any atom is -0.370 e. The van der Waals surface area contributed by atoms with Crippen molar-refractivity contribution in [3.63, 3.8) is 0 Å². The van der Waals surface area contributed by atoms with Crippen LogP contribution in [0.2, 0.25) is 5.02 Å². The van der Waals surface area contributed by atoms with Crippen molar-refractivity contribution in [3.05, 3.63) is 47.5 Å². The molecule has 3 rings (SSSR count). The lowest BCUT2D eigenvalue weighted by molar-refractivity contribution is -0.144.